The molecule has 6 N–H and O–H groups in total. The van der Waals surface area contributed by atoms with E-state index in [2.05, 4.69) is 30.4 Å². The monoisotopic (exact) mass is 514 g/mol. The third-order valence-corrected chi connectivity index (χ3v) is 6.37. The Bertz CT molecular complexity index is 706. The molecular weight excluding hydrogens is 476 g/mol. The molecule has 0 aliphatic rings. The molecule has 0 aromatic heterocycles. The van der Waals surface area contributed by atoms with E-state index < -0.39 is 0 Å². The number of carboxylic acid groups (broad SMARTS) is 2. The zero-order chi connectivity index (χ0) is 26.6. The van der Waals surface area contributed by atoms with Gasteiger partial charge in [0.2, 0.25) is 0 Å². The van der Waals surface area contributed by atoms with Crippen molar-refractivity contribution < 1.29 is 30.0 Å². The highest BCUT2D eigenvalue weighted by atomic mass is 33.1. The van der Waals surface area contributed by atoms with Crippen molar-refractivity contribution in [1.29, 1.82) is 0 Å². The number of aromatic hydroxyl groups is 1. The Morgan fingerprint density at radius 3 is 2.26 bits per heavy atom. The number of carbonyl (C=O) groups is 2. The van der Waals surface area contributed by atoms with Gasteiger partial charge in [-0.25, -0.2) is 0 Å². The molecule has 0 saturated carbocycles. The maximum Gasteiger partial charge on any atom is 0.290 e. The second kappa shape index (κ2) is 28.5. The highest BCUT2D eigenvalue weighted by molar-refractivity contribution is 8.76. The Balaban J connectivity index is -0.00000106. The Morgan fingerprint density at radius 1 is 1.15 bits per heavy atom. The summed E-state index contributed by atoms with van der Waals surface area (Å²) in [6.45, 7) is 7.92. The summed E-state index contributed by atoms with van der Waals surface area (Å²) in [5, 5.41) is 40.2. The van der Waals surface area contributed by atoms with Crippen molar-refractivity contribution in [1.82, 2.24) is 10.6 Å². The van der Waals surface area contributed by atoms with Gasteiger partial charge in [-0.2, -0.15) is 0 Å². The molecule has 0 fully saturated rings. The Kier molecular flexibility index (Phi) is 30.1. The molecule has 1 atom stereocenters. The molecule has 8 nitrogen and oxygen atoms in total. The molecule has 0 heterocycles. The number of hydrogen-bond acceptors (Lipinski definition) is 8. The lowest BCUT2D eigenvalue weighted by Gasteiger charge is -2.14. The molecule has 1 aromatic rings. The van der Waals surface area contributed by atoms with Crippen LogP contribution in [0.2, 0.25) is 0 Å². The third kappa shape index (κ3) is 22.6. The van der Waals surface area contributed by atoms with Crippen LogP contribution in [0.1, 0.15) is 32.8 Å². The summed E-state index contributed by atoms with van der Waals surface area (Å²) >= 11 is 0. The van der Waals surface area contributed by atoms with Crippen molar-refractivity contribution in [3.8, 4) is 18.6 Å². The van der Waals surface area contributed by atoms with Crippen molar-refractivity contribution in [2.24, 2.45) is 0 Å². The van der Waals surface area contributed by atoms with Crippen LogP contribution in [0, 0.1) is 12.8 Å². The Morgan fingerprint density at radius 2 is 1.74 bits per heavy atom. The lowest BCUT2D eigenvalue weighted by Crippen LogP contribution is -2.27. The number of allylic oxidation sites excluding steroid dienone is 2. The largest absolute Gasteiger partial charge is 0.508 e. The van der Waals surface area contributed by atoms with Crippen molar-refractivity contribution in [3.05, 3.63) is 53.3 Å². The van der Waals surface area contributed by atoms with Gasteiger partial charge in [-0.1, -0.05) is 52.8 Å². The van der Waals surface area contributed by atoms with E-state index in [-0.39, 0.29) is 12.9 Å². The SMILES string of the molecule is C#C.C/C=C(CNCCSSCC(C)NCc1ccccc1O)\C(O)=C/CC.O=CO.O=CO. The maximum absolute atomic E-state index is 9.88. The van der Waals surface area contributed by atoms with E-state index >= 15 is 0 Å². The minimum absolute atomic E-state index is 0.250. The zero-order valence-corrected chi connectivity index (χ0v) is 21.6. The van der Waals surface area contributed by atoms with Crippen LogP contribution < -0.4 is 10.6 Å². The Hall–Kier alpha value is -2.58. The van der Waals surface area contributed by atoms with Gasteiger partial charge in [0.15, 0.2) is 0 Å². The fourth-order valence-electron chi connectivity index (χ4n) is 2.21. The average molecular weight is 515 g/mol. The van der Waals surface area contributed by atoms with Crippen molar-refractivity contribution in [3.63, 3.8) is 0 Å². The third-order valence-electron chi connectivity index (χ3n) is 3.79. The van der Waals surface area contributed by atoms with E-state index in [1.807, 2.05) is 65.8 Å². The molecule has 1 rings (SSSR count). The second-order valence-corrected chi connectivity index (χ2v) is 8.84. The Labute approximate surface area is 211 Å². The summed E-state index contributed by atoms with van der Waals surface area (Å²) < 4.78 is 0. The summed E-state index contributed by atoms with van der Waals surface area (Å²) in [4.78, 5) is 16.7. The summed E-state index contributed by atoms with van der Waals surface area (Å²) in [5.74, 6) is 2.76. The van der Waals surface area contributed by atoms with Crippen molar-refractivity contribution in [2.75, 3.05) is 24.6 Å². The number of hydrogen-bond donors (Lipinski definition) is 6. The average Bonchev–Trinajstić information content (AvgIpc) is 2.83. The first-order valence-corrected chi connectivity index (χ1v) is 12.9. The second-order valence-electron chi connectivity index (χ2n) is 6.22. The molecule has 10 heteroatoms. The zero-order valence-electron chi connectivity index (χ0n) is 20.0. The number of para-hydroxylation sites is 1. The number of aliphatic hydroxyl groups is 1. The van der Waals surface area contributed by atoms with Crippen LogP contribution in [-0.4, -0.2) is 64.0 Å². The van der Waals surface area contributed by atoms with Gasteiger partial charge in [-0.3, -0.25) is 9.59 Å². The normalized spacial score (nSPS) is 11.3. The van der Waals surface area contributed by atoms with Crippen LogP contribution in [0.25, 0.3) is 0 Å². The molecule has 0 amide bonds. The summed E-state index contributed by atoms with van der Waals surface area (Å²) in [7, 11) is 3.71. The quantitative estimate of drug-likeness (QED) is 0.0564. The van der Waals surface area contributed by atoms with Gasteiger partial charge in [0.1, 0.15) is 11.5 Å². The van der Waals surface area contributed by atoms with Gasteiger partial charge in [-0.05, 0) is 32.4 Å². The fourth-order valence-corrected chi connectivity index (χ4v) is 4.48. The summed E-state index contributed by atoms with van der Waals surface area (Å²) in [5.41, 5.74) is 1.88. The smallest absolute Gasteiger partial charge is 0.290 e. The number of benzene rings is 1. The minimum atomic E-state index is -0.250. The standard InChI is InChI=1S/C20H32N2O2S2.C2H2.2CH2O2/c1-4-8-19(23)17(5-2)13-21-11-12-25-26-15-16(3)22-14-18-9-6-7-10-20(18)24;1-2;2*2-1-3/h5-10,16,21-24H,4,11-15H2,1-3H3;1-2H;2*1H,(H,2,3)/b17-5-,19-8+;;;. The van der Waals surface area contributed by atoms with E-state index in [4.69, 9.17) is 19.8 Å². The number of phenols is 1. The predicted molar refractivity (Wildman–Crippen MR) is 144 cm³/mol. The molecular formula is C24H38N2O6S2. The molecule has 1 aromatic carbocycles. The van der Waals surface area contributed by atoms with Gasteiger partial charge in [0.05, 0.1) is 0 Å². The van der Waals surface area contributed by atoms with Gasteiger partial charge in [0, 0.05) is 48.3 Å². The molecule has 0 radical (unpaired) electrons. The molecule has 0 aliphatic heterocycles. The van der Waals surface area contributed by atoms with E-state index in [1.54, 1.807) is 6.07 Å². The minimum Gasteiger partial charge on any atom is -0.508 e. The lowest BCUT2D eigenvalue weighted by atomic mass is 10.2. The van der Waals surface area contributed by atoms with Crippen LogP contribution >= 0.6 is 21.6 Å². The van der Waals surface area contributed by atoms with Crippen LogP contribution in [0.4, 0.5) is 0 Å². The number of rotatable bonds is 13. The molecule has 1 unspecified atom stereocenters. The predicted octanol–water partition coefficient (Wildman–Crippen LogP) is 4.29. The lowest BCUT2D eigenvalue weighted by molar-refractivity contribution is -0.123. The van der Waals surface area contributed by atoms with Crippen molar-refractivity contribution in [2.45, 2.75) is 39.8 Å². The van der Waals surface area contributed by atoms with Gasteiger partial charge in [0.25, 0.3) is 12.9 Å². The molecule has 0 bridgehead atoms. The van der Waals surface area contributed by atoms with Crippen LogP contribution in [0.3, 0.4) is 0 Å². The highest BCUT2D eigenvalue weighted by Crippen LogP contribution is 2.22. The number of terminal acetylenes is 1. The summed E-state index contributed by atoms with van der Waals surface area (Å²) in [6.07, 6.45) is 12.6. The maximum atomic E-state index is 9.88. The van der Waals surface area contributed by atoms with E-state index in [9.17, 15) is 10.2 Å². The van der Waals surface area contributed by atoms with Gasteiger partial charge in [-0.15, -0.1) is 12.8 Å². The van der Waals surface area contributed by atoms with E-state index in [1.165, 1.54) is 0 Å². The molecule has 0 saturated heterocycles. The van der Waals surface area contributed by atoms with E-state index in [0.717, 1.165) is 35.6 Å². The van der Waals surface area contributed by atoms with Crippen LogP contribution in [0.15, 0.2) is 47.7 Å². The molecule has 0 spiro atoms. The van der Waals surface area contributed by atoms with E-state index in [0.29, 0.717) is 30.6 Å². The first kappa shape index (κ1) is 36.0. The van der Waals surface area contributed by atoms with Crippen molar-refractivity contribution >= 4 is 34.5 Å². The number of nitrogens with one attached hydrogen (secondary N) is 2. The first-order valence-electron chi connectivity index (χ1n) is 10.4. The summed E-state index contributed by atoms with van der Waals surface area (Å²) in [6, 6.07) is 7.82. The highest BCUT2D eigenvalue weighted by Gasteiger charge is 2.05. The first-order chi connectivity index (χ1) is 16.4. The topological polar surface area (TPSA) is 139 Å². The van der Waals surface area contributed by atoms with Gasteiger partial charge < -0.3 is 31.1 Å². The molecule has 0 aliphatic carbocycles. The molecule has 34 heavy (non-hydrogen) atoms. The van der Waals surface area contributed by atoms with Crippen LogP contribution in [-0.2, 0) is 16.1 Å². The number of aliphatic hydroxyl groups excluding tert-OH is 1. The fraction of sp³-hybridized carbons (Fsp3) is 0.417. The van der Waals surface area contributed by atoms with Gasteiger partial charge >= 0.3 is 0 Å². The molecule has 192 valence electrons. The van der Waals surface area contributed by atoms with Crippen LogP contribution in [0.5, 0.6) is 5.75 Å². The number of phenolic OH excluding ortho intramolecular Hbond substituents is 1.